The Bertz CT molecular complexity index is 795. The van der Waals surface area contributed by atoms with Crippen LogP contribution in [0.2, 0.25) is 0 Å². The fourth-order valence-corrected chi connectivity index (χ4v) is 3.52. The number of nitrogens with zero attached hydrogens (tertiary/aromatic N) is 3. The zero-order chi connectivity index (χ0) is 20.9. The van der Waals surface area contributed by atoms with E-state index >= 15 is 0 Å². The van der Waals surface area contributed by atoms with Crippen LogP contribution in [0.15, 0.2) is 29.2 Å². The molecule has 0 aromatic heterocycles. The van der Waals surface area contributed by atoms with E-state index in [1.807, 2.05) is 6.92 Å². The second-order valence-corrected chi connectivity index (χ2v) is 8.75. The average Bonchev–Trinajstić information content (AvgIpc) is 2.86. The third-order valence-corrected chi connectivity index (χ3v) is 5.79. The van der Waals surface area contributed by atoms with Crippen LogP contribution in [0.3, 0.4) is 0 Å². The highest BCUT2D eigenvalue weighted by atomic mass is 32.2. The van der Waals surface area contributed by atoms with Crippen LogP contribution in [0.1, 0.15) is 13.3 Å². The molecule has 0 radical (unpaired) electrons. The lowest BCUT2D eigenvalue weighted by atomic mass is 10.2. The van der Waals surface area contributed by atoms with Gasteiger partial charge in [-0.1, -0.05) is 0 Å². The number of primary sulfonamides is 1. The van der Waals surface area contributed by atoms with Crippen LogP contribution in [0, 0.1) is 0 Å². The van der Waals surface area contributed by atoms with Gasteiger partial charge in [-0.3, -0.25) is 19.4 Å². The number of anilines is 1. The summed E-state index contributed by atoms with van der Waals surface area (Å²) in [5.74, 6) is -0.0941. The largest absolute Gasteiger partial charge is 0.348 e. The van der Waals surface area contributed by atoms with E-state index in [1.165, 1.54) is 24.3 Å². The highest BCUT2D eigenvalue weighted by molar-refractivity contribution is 7.89. The van der Waals surface area contributed by atoms with Gasteiger partial charge in [0.05, 0.1) is 17.5 Å². The van der Waals surface area contributed by atoms with Crippen molar-refractivity contribution in [3.63, 3.8) is 0 Å². The minimum Gasteiger partial charge on any atom is -0.348 e. The van der Waals surface area contributed by atoms with E-state index in [-0.39, 0.29) is 22.8 Å². The summed E-state index contributed by atoms with van der Waals surface area (Å²) in [6.07, 6.45) is 0.876. The molecule has 1 fully saturated rings. The first kappa shape index (κ1) is 22.3. The first-order chi connectivity index (χ1) is 13.1. The number of likely N-dealkylation sites (N-methyl/N-ethyl adjacent to an activating group) is 1. The second kappa shape index (κ2) is 9.46. The summed E-state index contributed by atoms with van der Waals surface area (Å²) in [7, 11) is -0.269. The van der Waals surface area contributed by atoms with Crippen molar-refractivity contribution >= 4 is 27.5 Å². The molecule has 1 heterocycles. The minimum absolute atomic E-state index is 0.00146. The number of nitrogens with two attached hydrogens (primary N) is 1. The van der Waals surface area contributed by atoms with Crippen LogP contribution in [0.25, 0.3) is 0 Å². The third-order valence-electron chi connectivity index (χ3n) is 4.86. The molecule has 1 unspecified atom stereocenters. The molecule has 1 aliphatic heterocycles. The molecule has 0 spiro atoms. The second-order valence-electron chi connectivity index (χ2n) is 7.19. The minimum atomic E-state index is -3.76. The summed E-state index contributed by atoms with van der Waals surface area (Å²) >= 11 is 0. The van der Waals surface area contributed by atoms with Crippen molar-refractivity contribution < 1.29 is 18.0 Å². The molecule has 1 aliphatic rings. The van der Waals surface area contributed by atoms with Crippen molar-refractivity contribution in [1.29, 1.82) is 0 Å². The Morgan fingerprint density at radius 3 is 2.36 bits per heavy atom. The van der Waals surface area contributed by atoms with Gasteiger partial charge in [-0.25, -0.2) is 13.6 Å². The molecular weight excluding hydrogens is 382 g/mol. The quantitative estimate of drug-likeness (QED) is 0.667. The Labute approximate surface area is 166 Å². The van der Waals surface area contributed by atoms with Gasteiger partial charge in [-0.2, -0.15) is 0 Å². The van der Waals surface area contributed by atoms with E-state index in [0.29, 0.717) is 18.8 Å². The maximum atomic E-state index is 12.6. The molecule has 3 N–H and O–H groups in total. The Morgan fingerprint density at radius 1 is 1.14 bits per heavy atom. The van der Waals surface area contributed by atoms with Gasteiger partial charge < -0.3 is 10.2 Å². The van der Waals surface area contributed by atoms with Crippen LogP contribution >= 0.6 is 0 Å². The highest BCUT2D eigenvalue weighted by Crippen LogP contribution is 2.14. The molecule has 0 bridgehead atoms. The van der Waals surface area contributed by atoms with Crippen molar-refractivity contribution in [2.45, 2.75) is 24.3 Å². The van der Waals surface area contributed by atoms with E-state index in [2.05, 4.69) is 15.1 Å². The third kappa shape index (κ3) is 6.26. The average molecular weight is 412 g/mol. The molecule has 10 heteroatoms. The van der Waals surface area contributed by atoms with Crippen LogP contribution < -0.4 is 10.5 Å². The van der Waals surface area contributed by atoms with Gasteiger partial charge in [0.1, 0.15) is 0 Å². The van der Waals surface area contributed by atoms with E-state index < -0.39 is 10.0 Å². The van der Waals surface area contributed by atoms with Gasteiger partial charge in [0, 0.05) is 39.4 Å². The normalized spacial score (nSPS) is 17.6. The summed E-state index contributed by atoms with van der Waals surface area (Å²) in [5, 5.41) is 7.88. The van der Waals surface area contributed by atoms with Gasteiger partial charge in [0.25, 0.3) is 0 Å². The number of sulfonamides is 1. The zero-order valence-electron chi connectivity index (χ0n) is 16.6. The Hall–Kier alpha value is -2.01. The molecule has 1 aromatic carbocycles. The van der Waals surface area contributed by atoms with Crippen LogP contribution in [-0.4, -0.2) is 87.8 Å². The number of hydrogen-bond acceptors (Lipinski definition) is 6. The number of amides is 2. The molecule has 0 aliphatic carbocycles. The number of carbonyl (C=O) groups is 2. The molecule has 156 valence electrons. The van der Waals surface area contributed by atoms with Crippen molar-refractivity contribution in [3.05, 3.63) is 24.3 Å². The smallest absolute Gasteiger partial charge is 0.241 e. The standard InChI is InChI=1S/C18H29N5O4S/c1-14(18(25)20-15-5-7-16(8-6-15)28(19,26)27)23-10-4-9-22(11-12-23)13-17(24)21(2)3/h5-8,14H,4,9-13H2,1-3H3,(H,20,25)(H2,19,26,27). The predicted molar refractivity (Wildman–Crippen MR) is 107 cm³/mol. The lowest BCUT2D eigenvalue weighted by molar-refractivity contribution is -0.130. The van der Waals surface area contributed by atoms with Crippen molar-refractivity contribution in [2.24, 2.45) is 5.14 Å². The summed E-state index contributed by atoms with van der Waals surface area (Å²) in [6, 6.07) is 5.41. The fraction of sp³-hybridized carbons (Fsp3) is 0.556. The SMILES string of the molecule is CC(C(=O)Nc1ccc(S(N)(=O)=O)cc1)N1CCCN(CC(=O)N(C)C)CC1. The van der Waals surface area contributed by atoms with Crippen LogP contribution in [0.5, 0.6) is 0 Å². The number of benzene rings is 1. The molecule has 2 amide bonds. The van der Waals surface area contributed by atoms with Crippen molar-refractivity contribution in [2.75, 3.05) is 52.1 Å². The van der Waals surface area contributed by atoms with Gasteiger partial charge in [-0.15, -0.1) is 0 Å². The first-order valence-electron chi connectivity index (χ1n) is 9.18. The van der Waals surface area contributed by atoms with Gasteiger partial charge in [-0.05, 0) is 44.2 Å². The van der Waals surface area contributed by atoms with Crippen LogP contribution in [-0.2, 0) is 19.6 Å². The zero-order valence-corrected chi connectivity index (χ0v) is 17.4. The van der Waals surface area contributed by atoms with E-state index in [4.69, 9.17) is 5.14 Å². The monoisotopic (exact) mass is 411 g/mol. The summed E-state index contributed by atoms with van der Waals surface area (Å²) in [4.78, 5) is 30.3. The van der Waals surface area contributed by atoms with Crippen molar-refractivity contribution in [3.8, 4) is 0 Å². The predicted octanol–water partition coefficient (Wildman–Crippen LogP) is -0.243. The summed E-state index contributed by atoms with van der Waals surface area (Å²) in [6.45, 7) is 5.23. The van der Waals surface area contributed by atoms with Gasteiger partial charge in [0.15, 0.2) is 0 Å². The molecule has 1 atom stereocenters. The molecule has 1 saturated heterocycles. The number of rotatable bonds is 6. The fourth-order valence-electron chi connectivity index (χ4n) is 3.01. The highest BCUT2D eigenvalue weighted by Gasteiger charge is 2.25. The molecular formula is C18H29N5O4S. The maximum Gasteiger partial charge on any atom is 0.241 e. The summed E-state index contributed by atoms with van der Waals surface area (Å²) in [5.41, 5.74) is 0.511. The van der Waals surface area contributed by atoms with Crippen LogP contribution in [0.4, 0.5) is 5.69 Å². The van der Waals surface area contributed by atoms with E-state index in [0.717, 1.165) is 26.1 Å². The topological polar surface area (TPSA) is 116 Å². The Balaban J connectivity index is 1.91. The lowest BCUT2D eigenvalue weighted by Gasteiger charge is -2.27. The first-order valence-corrected chi connectivity index (χ1v) is 10.7. The molecule has 0 saturated carbocycles. The Kier molecular flexibility index (Phi) is 7.53. The lowest BCUT2D eigenvalue weighted by Crippen LogP contribution is -2.44. The Morgan fingerprint density at radius 2 is 1.79 bits per heavy atom. The number of hydrogen-bond donors (Lipinski definition) is 2. The van der Waals surface area contributed by atoms with E-state index in [9.17, 15) is 18.0 Å². The molecule has 9 nitrogen and oxygen atoms in total. The number of carbonyl (C=O) groups excluding carboxylic acids is 2. The molecule has 2 rings (SSSR count). The molecule has 28 heavy (non-hydrogen) atoms. The molecule has 1 aromatic rings. The number of nitrogens with one attached hydrogen (secondary N) is 1. The summed E-state index contributed by atoms with van der Waals surface area (Å²) < 4.78 is 22.6. The maximum absolute atomic E-state index is 12.6. The van der Waals surface area contributed by atoms with Gasteiger partial charge >= 0.3 is 0 Å². The van der Waals surface area contributed by atoms with Crippen molar-refractivity contribution in [1.82, 2.24) is 14.7 Å². The van der Waals surface area contributed by atoms with E-state index in [1.54, 1.807) is 19.0 Å². The van der Waals surface area contributed by atoms with Gasteiger partial charge in [0.2, 0.25) is 21.8 Å².